The molecular formula is C22H21ClF3NO6S. The Hall–Kier alpha value is -2.18. The molecule has 184 valence electrons. The fraction of sp³-hybridized carbons (Fsp3) is 0.409. The average Bonchev–Trinajstić information content (AvgIpc) is 3.15. The fourth-order valence-corrected chi connectivity index (χ4v) is 7.94. The van der Waals surface area contributed by atoms with Gasteiger partial charge in [-0.3, -0.25) is 4.79 Å². The molecule has 2 bridgehead atoms. The molecule has 4 rings (SSSR count). The van der Waals surface area contributed by atoms with E-state index >= 15 is 0 Å². The highest BCUT2D eigenvalue weighted by molar-refractivity contribution is 7.92. The summed E-state index contributed by atoms with van der Waals surface area (Å²) in [6.45, 7) is -0.713. The fourth-order valence-electron chi connectivity index (χ4n) is 5.10. The van der Waals surface area contributed by atoms with Crippen LogP contribution < -0.4 is 5.32 Å². The molecule has 4 N–H and O–H groups in total. The number of hydrogen-bond acceptors (Lipinski definition) is 6. The summed E-state index contributed by atoms with van der Waals surface area (Å²) in [7, 11) is -4.20. The molecule has 5 atom stereocenters. The normalized spacial score (nSPS) is 28.7. The molecule has 0 aliphatic heterocycles. The molecule has 0 radical (unpaired) electrons. The SMILES string of the molecule is O=C(Nc1cc(F)c(F)c(F)c1)c1ccc(Cl)c(S(=O)(=O)[C@H]2C3CC[C@H]2[C@H](O)[C@](O)(CO)C3)c1. The lowest BCUT2D eigenvalue weighted by atomic mass is 9.75. The van der Waals surface area contributed by atoms with Crippen molar-refractivity contribution in [3.8, 4) is 0 Å². The zero-order valence-corrected chi connectivity index (χ0v) is 19.1. The lowest BCUT2D eigenvalue weighted by Crippen LogP contribution is -2.58. The van der Waals surface area contributed by atoms with Crippen molar-refractivity contribution in [2.75, 3.05) is 11.9 Å². The van der Waals surface area contributed by atoms with Crippen molar-refractivity contribution in [2.24, 2.45) is 11.8 Å². The second kappa shape index (κ2) is 8.80. The number of halogens is 4. The molecule has 2 aromatic rings. The number of anilines is 1. The molecule has 0 heterocycles. The Morgan fingerprint density at radius 2 is 1.79 bits per heavy atom. The number of fused-ring (bicyclic) bond motifs is 2. The van der Waals surface area contributed by atoms with E-state index in [1.54, 1.807) is 0 Å². The Morgan fingerprint density at radius 3 is 2.41 bits per heavy atom. The standard InChI is InChI=1S/C22H21ClF3NO6S/c23-14-4-2-10(21(30)27-12-6-15(24)18(26)16(25)7-12)5-17(14)34(32,33)19-11-1-3-13(19)20(29)22(31,8-11)9-28/h2,4-7,11,13,19-20,28-29,31H,1,3,8-9H2,(H,27,30)/t11?,13-,19+,20+,22-/m1/s1. The number of aliphatic hydroxyl groups excluding tert-OH is 2. The van der Waals surface area contributed by atoms with Gasteiger partial charge in [-0.15, -0.1) is 0 Å². The van der Waals surface area contributed by atoms with E-state index in [1.807, 2.05) is 0 Å². The molecule has 34 heavy (non-hydrogen) atoms. The van der Waals surface area contributed by atoms with Gasteiger partial charge >= 0.3 is 0 Å². The number of nitrogens with one attached hydrogen (secondary N) is 1. The third kappa shape index (κ3) is 4.09. The maximum absolute atomic E-state index is 13.6. The van der Waals surface area contributed by atoms with Gasteiger partial charge in [0.05, 0.1) is 27.9 Å². The number of amides is 1. The summed E-state index contributed by atoms with van der Waals surface area (Å²) < 4.78 is 67.2. The minimum atomic E-state index is -4.20. The minimum absolute atomic E-state index is 0.120. The van der Waals surface area contributed by atoms with E-state index in [1.165, 1.54) is 12.1 Å². The van der Waals surface area contributed by atoms with Crippen LogP contribution in [0.15, 0.2) is 35.2 Å². The Kier molecular flexibility index (Phi) is 6.45. The Balaban J connectivity index is 1.65. The van der Waals surface area contributed by atoms with E-state index in [-0.39, 0.29) is 27.6 Å². The molecule has 1 unspecified atom stereocenters. The highest BCUT2D eigenvalue weighted by Crippen LogP contribution is 2.51. The van der Waals surface area contributed by atoms with Crippen molar-refractivity contribution in [1.29, 1.82) is 0 Å². The summed E-state index contributed by atoms with van der Waals surface area (Å²) in [5, 5.41) is 31.5. The maximum atomic E-state index is 13.6. The van der Waals surface area contributed by atoms with Gasteiger partial charge in [0.2, 0.25) is 0 Å². The number of rotatable bonds is 5. The number of hydrogen-bond donors (Lipinski definition) is 4. The van der Waals surface area contributed by atoms with Gasteiger partial charge in [-0.25, -0.2) is 21.6 Å². The molecule has 1 amide bonds. The summed E-state index contributed by atoms with van der Waals surface area (Å²) in [6.07, 6.45) is -0.861. The molecule has 2 fully saturated rings. The van der Waals surface area contributed by atoms with Gasteiger partial charge in [0.1, 0.15) is 5.60 Å². The zero-order chi connectivity index (χ0) is 25.0. The Morgan fingerprint density at radius 1 is 1.15 bits per heavy atom. The summed E-state index contributed by atoms with van der Waals surface area (Å²) in [6, 6.07) is 4.56. The molecule has 2 saturated carbocycles. The predicted molar refractivity (Wildman–Crippen MR) is 116 cm³/mol. The summed E-state index contributed by atoms with van der Waals surface area (Å²) >= 11 is 6.16. The highest BCUT2D eigenvalue weighted by Gasteiger charge is 2.59. The van der Waals surface area contributed by atoms with Gasteiger partial charge in [0.15, 0.2) is 27.3 Å². The number of aliphatic hydroxyl groups is 3. The maximum Gasteiger partial charge on any atom is 0.255 e. The van der Waals surface area contributed by atoms with Crippen LogP contribution >= 0.6 is 11.6 Å². The topological polar surface area (TPSA) is 124 Å². The number of sulfone groups is 1. The summed E-state index contributed by atoms with van der Waals surface area (Å²) in [5.74, 6) is -7.03. The van der Waals surface area contributed by atoms with Crippen LogP contribution in [0.2, 0.25) is 5.02 Å². The van der Waals surface area contributed by atoms with Gasteiger partial charge in [0, 0.05) is 29.3 Å². The number of carbonyl (C=O) groups is 1. The lowest BCUT2D eigenvalue weighted by molar-refractivity contribution is -0.147. The smallest absolute Gasteiger partial charge is 0.255 e. The van der Waals surface area contributed by atoms with Crippen LogP contribution in [-0.4, -0.2) is 53.2 Å². The highest BCUT2D eigenvalue weighted by atomic mass is 35.5. The Bertz CT molecular complexity index is 1240. The largest absolute Gasteiger partial charge is 0.393 e. The van der Waals surface area contributed by atoms with E-state index in [0.717, 1.165) is 6.07 Å². The Labute approximate surface area is 198 Å². The first-order valence-corrected chi connectivity index (χ1v) is 12.3. The van der Waals surface area contributed by atoms with E-state index in [9.17, 15) is 41.7 Å². The first-order chi connectivity index (χ1) is 15.9. The molecule has 2 aromatic carbocycles. The molecular weight excluding hydrogens is 499 g/mol. The monoisotopic (exact) mass is 519 g/mol. The molecule has 7 nitrogen and oxygen atoms in total. The lowest BCUT2D eigenvalue weighted by Gasteiger charge is -2.43. The third-order valence-corrected chi connectivity index (χ3v) is 9.55. The van der Waals surface area contributed by atoms with Crippen molar-refractivity contribution >= 4 is 33.0 Å². The van der Waals surface area contributed by atoms with Crippen LogP contribution in [0.3, 0.4) is 0 Å². The first-order valence-electron chi connectivity index (χ1n) is 10.4. The van der Waals surface area contributed by atoms with Gasteiger partial charge in [0.25, 0.3) is 5.91 Å². The molecule has 12 heteroatoms. The molecule has 2 aliphatic carbocycles. The van der Waals surface area contributed by atoms with Gasteiger partial charge < -0.3 is 20.6 Å². The van der Waals surface area contributed by atoms with Crippen molar-refractivity contribution < 1.29 is 41.7 Å². The van der Waals surface area contributed by atoms with Crippen LogP contribution in [0.1, 0.15) is 29.6 Å². The molecule has 0 aromatic heterocycles. The van der Waals surface area contributed by atoms with E-state index < -0.39 is 68.6 Å². The summed E-state index contributed by atoms with van der Waals surface area (Å²) in [4.78, 5) is 12.2. The van der Waals surface area contributed by atoms with E-state index in [0.29, 0.717) is 25.0 Å². The number of benzene rings is 2. The number of carbonyl (C=O) groups excluding carboxylic acids is 1. The van der Waals surface area contributed by atoms with Crippen molar-refractivity contribution in [2.45, 2.75) is 41.1 Å². The zero-order valence-electron chi connectivity index (χ0n) is 17.5. The quantitative estimate of drug-likeness (QED) is 0.450. The van der Waals surface area contributed by atoms with Crippen LogP contribution in [0.4, 0.5) is 18.9 Å². The molecule has 0 spiro atoms. The van der Waals surface area contributed by atoms with Crippen LogP contribution in [0.25, 0.3) is 0 Å². The average molecular weight is 520 g/mol. The molecule has 0 saturated heterocycles. The second-order valence-corrected chi connectivity index (χ2v) is 11.3. The van der Waals surface area contributed by atoms with Crippen LogP contribution in [-0.2, 0) is 9.84 Å². The van der Waals surface area contributed by atoms with Gasteiger partial charge in [-0.2, -0.15) is 0 Å². The van der Waals surface area contributed by atoms with Crippen molar-refractivity contribution in [3.63, 3.8) is 0 Å². The predicted octanol–water partition coefficient (Wildman–Crippen LogP) is 2.67. The first kappa shape index (κ1) is 24.9. The van der Waals surface area contributed by atoms with Crippen molar-refractivity contribution in [1.82, 2.24) is 0 Å². The van der Waals surface area contributed by atoms with Crippen LogP contribution in [0, 0.1) is 29.3 Å². The minimum Gasteiger partial charge on any atom is -0.393 e. The van der Waals surface area contributed by atoms with E-state index in [4.69, 9.17) is 11.6 Å². The molecule has 2 aliphatic rings. The van der Waals surface area contributed by atoms with Gasteiger partial charge in [-0.05, 0) is 43.4 Å². The third-order valence-electron chi connectivity index (χ3n) is 6.70. The summed E-state index contributed by atoms with van der Waals surface area (Å²) in [5.41, 5.74) is -2.37. The second-order valence-electron chi connectivity index (χ2n) is 8.77. The van der Waals surface area contributed by atoms with Crippen molar-refractivity contribution in [3.05, 3.63) is 58.4 Å². The van der Waals surface area contributed by atoms with Crippen LogP contribution in [0.5, 0.6) is 0 Å². The van der Waals surface area contributed by atoms with Gasteiger partial charge in [-0.1, -0.05) is 11.6 Å². The van der Waals surface area contributed by atoms with E-state index in [2.05, 4.69) is 5.32 Å².